The predicted octanol–water partition coefficient (Wildman–Crippen LogP) is 3.70. The maximum atomic E-state index is 5.01. The van der Waals surface area contributed by atoms with Crippen LogP contribution in [0, 0.1) is 6.92 Å². The van der Waals surface area contributed by atoms with Crippen LogP contribution in [0.4, 0.5) is 5.82 Å². The first-order valence-corrected chi connectivity index (χ1v) is 10.1. The molecule has 1 fully saturated rings. The van der Waals surface area contributed by atoms with Crippen molar-refractivity contribution in [1.29, 1.82) is 0 Å². The fourth-order valence-electron chi connectivity index (χ4n) is 4.31. The molecule has 26 heavy (non-hydrogen) atoms. The van der Waals surface area contributed by atoms with Crippen molar-refractivity contribution in [2.45, 2.75) is 58.0 Å². The average Bonchev–Trinajstić information content (AvgIpc) is 3.42. The molecule has 1 aliphatic heterocycles. The lowest BCUT2D eigenvalue weighted by atomic mass is 10.0. The summed E-state index contributed by atoms with van der Waals surface area (Å²) in [6.07, 6.45) is 9.73. The number of thiazole rings is 1. The van der Waals surface area contributed by atoms with E-state index in [1.807, 2.05) is 24.8 Å². The van der Waals surface area contributed by atoms with Crippen LogP contribution in [0.5, 0.6) is 0 Å². The Hall–Kier alpha value is -2.35. The molecule has 5 rings (SSSR count). The normalized spacial score (nSPS) is 19.6. The summed E-state index contributed by atoms with van der Waals surface area (Å²) >= 11 is 1.57. The quantitative estimate of drug-likeness (QED) is 0.703. The summed E-state index contributed by atoms with van der Waals surface area (Å²) in [4.78, 5) is 17.3. The molecule has 0 saturated heterocycles. The molecule has 3 aromatic heterocycles. The van der Waals surface area contributed by atoms with Crippen molar-refractivity contribution in [1.82, 2.24) is 29.7 Å². The minimum Gasteiger partial charge on any atom is -0.341 e. The highest BCUT2D eigenvalue weighted by molar-refractivity contribution is 7.13. The number of hydrogen-bond acceptors (Lipinski definition) is 7. The van der Waals surface area contributed by atoms with Gasteiger partial charge in [-0.05, 0) is 26.2 Å². The first kappa shape index (κ1) is 15.9. The number of fused-ring (bicyclic) bond motifs is 3. The highest BCUT2D eigenvalue weighted by atomic mass is 32.1. The molecule has 0 spiro atoms. The fraction of sp³-hybridized carbons (Fsp3) is 0.500. The van der Waals surface area contributed by atoms with E-state index >= 15 is 0 Å². The summed E-state index contributed by atoms with van der Waals surface area (Å²) in [7, 11) is 0. The molecular weight excluding hydrogens is 346 g/mol. The maximum absolute atomic E-state index is 5.01. The first-order valence-electron chi connectivity index (χ1n) is 9.24. The van der Waals surface area contributed by atoms with Crippen LogP contribution in [0.1, 0.15) is 56.7 Å². The van der Waals surface area contributed by atoms with Gasteiger partial charge in [0.25, 0.3) is 0 Å². The molecule has 1 saturated carbocycles. The zero-order chi connectivity index (χ0) is 17.7. The summed E-state index contributed by atoms with van der Waals surface area (Å²) in [5.74, 6) is 3.66. The monoisotopic (exact) mass is 367 g/mol. The highest BCUT2D eigenvalue weighted by Crippen LogP contribution is 2.43. The van der Waals surface area contributed by atoms with E-state index in [1.165, 1.54) is 25.7 Å². The Morgan fingerprint density at radius 3 is 2.77 bits per heavy atom. The van der Waals surface area contributed by atoms with E-state index < -0.39 is 0 Å². The van der Waals surface area contributed by atoms with Crippen molar-refractivity contribution in [3.8, 4) is 16.4 Å². The Morgan fingerprint density at radius 1 is 1.19 bits per heavy atom. The lowest BCUT2D eigenvalue weighted by molar-refractivity contribution is 0.468. The molecule has 134 valence electrons. The van der Waals surface area contributed by atoms with Crippen LogP contribution in [-0.4, -0.2) is 35.8 Å². The number of anilines is 1. The zero-order valence-electron chi connectivity index (χ0n) is 15.0. The van der Waals surface area contributed by atoms with E-state index in [1.54, 1.807) is 11.3 Å². The molecule has 7 nitrogen and oxygen atoms in total. The zero-order valence-corrected chi connectivity index (χ0v) is 15.8. The van der Waals surface area contributed by atoms with Gasteiger partial charge in [-0.2, -0.15) is 0 Å². The minimum absolute atomic E-state index is 0.205. The van der Waals surface area contributed by atoms with E-state index in [9.17, 15) is 0 Å². The third kappa shape index (κ3) is 2.28. The Bertz CT molecular complexity index is 927. The molecule has 1 atom stereocenters. The Morgan fingerprint density at radius 2 is 2.04 bits per heavy atom. The molecule has 0 amide bonds. The van der Waals surface area contributed by atoms with Crippen molar-refractivity contribution in [2.24, 2.45) is 0 Å². The lowest BCUT2D eigenvalue weighted by Gasteiger charge is -2.41. The number of aryl methyl sites for hydroxylation is 1. The standard InChI is InChI=1S/C18H21N7S/c1-3-13-18-23-22-11(2)24(18)14-8-20-16(15-9-19-10-26-15)21-17(14)25(13)12-6-4-5-7-12/h8-10,12-13H,3-7H2,1-2H3/t13-/m1/s1. The van der Waals surface area contributed by atoms with Crippen LogP contribution in [0.15, 0.2) is 17.9 Å². The van der Waals surface area contributed by atoms with Crippen LogP contribution >= 0.6 is 11.3 Å². The molecule has 0 bridgehead atoms. The van der Waals surface area contributed by atoms with E-state index in [-0.39, 0.29) is 6.04 Å². The van der Waals surface area contributed by atoms with Gasteiger partial charge >= 0.3 is 0 Å². The molecule has 8 heteroatoms. The van der Waals surface area contributed by atoms with Crippen LogP contribution < -0.4 is 4.90 Å². The summed E-state index contributed by atoms with van der Waals surface area (Å²) in [6.45, 7) is 4.21. The average molecular weight is 367 g/mol. The Balaban J connectivity index is 1.73. The third-order valence-corrected chi connectivity index (χ3v) is 6.25. The number of nitrogens with zero attached hydrogens (tertiary/aromatic N) is 7. The molecular formula is C18H21N7S. The second kappa shape index (κ2) is 6.12. The van der Waals surface area contributed by atoms with E-state index in [0.717, 1.165) is 40.3 Å². The molecule has 0 unspecified atom stereocenters. The molecule has 2 aliphatic rings. The molecule has 3 aromatic rings. The number of hydrogen-bond donors (Lipinski definition) is 0. The first-order chi connectivity index (χ1) is 12.8. The minimum atomic E-state index is 0.205. The van der Waals surface area contributed by atoms with Gasteiger partial charge in [0.15, 0.2) is 17.5 Å². The van der Waals surface area contributed by atoms with Gasteiger partial charge in [0.05, 0.1) is 22.6 Å². The van der Waals surface area contributed by atoms with Crippen molar-refractivity contribution < 1.29 is 0 Å². The largest absolute Gasteiger partial charge is 0.341 e. The summed E-state index contributed by atoms with van der Waals surface area (Å²) in [6, 6.07) is 0.713. The van der Waals surface area contributed by atoms with Crippen LogP contribution in [0.2, 0.25) is 0 Å². The van der Waals surface area contributed by atoms with Gasteiger partial charge in [0, 0.05) is 12.2 Å². The van der Waals surface area contributed by atoms with E-state index in [2.05, 4.69) is 36.6 Å². The second-order valence-corrected chi connectivity index (χ2v) is 7.86. The molecule has 4 heterocycles. The van der Waals surface area contributed by atoms with Crippen molar-refractivity contribution in [3.05, 3.63) is 29.6 Å². The SMILES string of the molecule is CC[C@@H]1c2nnc(C)n2-c2cnc(-c3cncs3)nc2N1C1CCCC1. The smallest absolute Gasteiger partial charge is 0.173 e. The molecule has 0 N–H and O–H groups in total. The van der Waals surface area contributed by atoms with Gasteiger partial charge in [-0.3, -0.25) is 9.55 Å². The fourth-order valence-corrected chi connectivity index (χ4v) is 4.87. The van der Waals surface area contributed by atoms with Crippen molar-refractivity contribution >= 4 is 17.2 Å². The molecule has 0 radical (unpaired) electrons. The second-order valence-electron chi connectivity index (χ2n) is 6.98. The van der Waals surface area contributed by atoms with E-state index in [4.69, 9.17) is 4.98 Å². The number of rotatable bonds is 3. The number of aromatic nitrogens is 6. The predicted molar refractivity (Wildman–Crippen MR) is 101 cm³/mol. The Kier molecular flexibility index (Phi) is 3.74. The van der Waals surface area contributed by atoms with E-state index in [0.29, 0.717) is 6.04 Å². The lowest BCUT2D eigenvalue weighted by Crippen LogP contribution is -2.42. The summed E-state index contributed by atoms with van der Waals surface area (Å²) < 4.78 is 2.13. The van der Waals surface area contributed by atoms with Crippen LogP contribution in [0.3, 0.4) is 0 Å². The highest BCUT2D eigenvalue weighted by Gasteiger charge is 2.39. The molecule has 0 aromatic carbocycles. The van der Waals surface area contributed by atoms with Gasteiger partial charge in [-0.1, -0.05) is 19.8 Å². The van der Waals surface area contributed by atoms with Crippen molar-refractivity contribution in [2.75, 3.05) is 4.90 Å². The van der Waals surface area contributed by atoms with Gasteiger partial charge in [0.2, 0.25) is 0 Å². The van der Waals surface area contributed by atoms with Gasteiger partial charge in [-0.15, -0.1) is 21.5 Å². The Labute approximate surface area is 156 Å². The maximum Gasteiger partial charge on any atom is 0.173 e. The van der Waals surface area contributed by atoms with Crippen LogP contribution in [-0.2, 0) is 0 Å². The molecule has 1 aliphatic carbocycles. The van der Waals surface area contributed by atoms with Gasteiger partial charge in [0.1, 0.15) is 11.5 Å². The summed E-state index contributed by atoms with van der Waals surface area (Å²) in [5.41, 5.74) is 2.82. The summed E-state index contributed by atoms with van der Waals surface area (Å²) in [5, 5.41) is 8.86. The van der Waals surface area contributed by atoms with Gasteiger partial charge in [-0.25, -0.2) is 9.97 Å². The van der Waals surface area contributed by atoms with Gasteiger partial charge < -0.3 is 4.90 Å². The third-order valence-electron chi connectivity index (χ3n) is 5.48. The van der Waals surface area contributed by atoms with Crippen molar-refractivity contribution in [3.63, 3.8) is 0 Å². The topological polar surface area (TPSA) is 72.6 Å². The van der Waals surface area contributed by atoms with Crippen LogP contribution in [0.25, 0.3) is 16.4 Å².